The van der Waals surface area contributed by atoms with Gasteiger partial charge in [0.25, 0.3) is 0 Å². The van der Waals surface area contributed by atoms with E-state index >= 15 is 0 Å². The van der Waals surface area contributed by atoms with Crippen LogP contribution in [0.2, 0.25) is 0 Å². The maximum Gasteiger partial charge on any atom is 0.139 e. The Morgan fingerprint density at radius 2 is 1.80 bits per heavy atom. The molecule has 2 bridgehead atoms. The van der Waals surface area contributed by atoms with Crippen molar-refractivity contribution in [2.45, 2.75) is 50.0 Å². The molecule has 1 aromatic heterocycles. The van der Waals surface area contributed by atoms with Crippen molar-refractivity contribution < 1.29 is 5.11 Å². The van der Waals surface area contributed by atoms with Crippen molar-refractivity contribution in [1.82, 2.24) is 10.3 Å². The lowest BCUT2D eigenvalue weighted by molar-refractivity contribution is 0.0796. The number of fused-ring (bicyclic) bond motifs is 2. The smallest absolute Gasteiger partial charge is 0.139 e. The molecular formula is C31H31N3O. The van der Waals surface area contributed by atoms with Gasteiger partial charge in [-0.3, -0.25) is 4.98 Å². The minimum absolute atomic E-state index is 0.219. The van der Waals surface area contributed by atoms with Gasteiger partial charge in [0.05, 0.1) is 16.9 Å². The van der Waals surface area contributed by atoms with Crippen LogP contribution in [0.4, 0.5) is 17.1 Å². The lowest BCUT2D eigenvalue weighted by Crippen LogP contribution is -2.59. The quantitative estimate of drug-likeness (QED) is 0.354. The van der Waals surface area contributed by atoms with Gasteiger partial charge in [0.1, 0.15) is 5.75 Å². The van der Waals surface area contributed by atoms with E-state index in [9.17, 15) is 5.11 Å². The van der Waals surface area contributed by atoms with Gasteiger partial charge in [-0.1, -0.05) is 49.2 Å². The first-order valence-corrected chi connectivity index (χ1v) is 13.0. The van der Waals surface area contributed by atoms with Gasteiger partial charge >= 0.3 is 0 Å². The molecule has 2 aliphatic carbocycles. The fraction of sp³-hybridized carbons (Fsp3) is 0.323. The number of hydrogen-bond acceptors (Lipinski definition) is 4. The van der Waals surface area contributed by atoms with E-state index < -0.39 is 0 Å². The standard InChI is InChI=1S/C31H31N3O/c35-29-20-25-22(18-26-24-12-4-5-14-31(24,25)15-17-32-26)19-28(29)34(23-10-2-1-3-11-23)27-13-6-8-21-9-7-16-33-30(21)27/h1-3,6-11,13,16,19-20,24,26,32,35H,4-5,12,14-15,17-18H2/t24-,26+,31+/m0/s1. The number of phenolic OH excluding ortho intramolecular Hbond substituents is 1. The number of aromatic nitrogens is 1. The third kappa shape index (κ3) is 3.20. The molecule has 1 aliphatic heterocycles. The summed E-state index contributed by atoms with van der Waals surface area (Å²) in [5, 5.41) is 16.6. The summed E-state index contributed by atoms with van der Waals surface area (Å²) < 4.78 is 0. The van der Waals surface area contributed by atoms with Crippen LogP contribution in [0.25, 0.3) is 10.9 Å². The highest BCUT2D eigenvalue weighted by molar-refractivity contribution is 5.97. The average molecular weight is 462 g/mol. The van der Waals surface area contributed by atoms with Gasteiger partial charge in [0.15, 0.2) is 0 Å². The highest BCUT2D eigenvalue weighted by Crippen LogP contribution is 2.56. The maximum absolute atomic E-state index is 11.6. The van der Waals surface area contributed by atoms with Crippen LogP contribution in [0, 0.1) is 5.92 Å². The number of benzene rings is 3. The summed E-state index contributed by atoms with van der Waals surface area (Å²) in [4.78, 5) is 6.92. The lowest BCUT2D eigenvalue weighted by Gasteiger charge is -2.56. The van der Waals surface area contributed by atoms with Gasteiger partial charge in [-0.05, 0) is 85.7 Å². The molecule has 7 rings (SSSR count). The molecule has 1 saturated heterocycles. The Balaban J connectivity index is 1.44. The van der Waals surface area contributed by atoms with Gasteiger partial charge in [-0.25, -0.2) is 0 Å². The summed E-state index contributed by atoms with van der Waals surface area (Å²) in [6.45, 7) is 1.08. The fourth-order valence-electron chi connectivity index (χ4n) is 7.39. The lowest BCUT2D eigenvalue weighted by atomic mass is 9.53. The zero-order valence-electron chi connectivity index (χ0n) is 20.0. The number of hydrogen-bond donors (Lipinski definition) is 2. The van der Waals surface area contributed by atoms with Crippen molar-refractivity contribution in [3.05, 3.63) is 90.1 Å². The van der Waals surface area contributed by atoms with Crippen LogP contribution in [0.3, 0.4) is 0 Å². The van der Waals surface area contributed by atoms with Crippen molar-refractivity contribution in [1.29, 1.82) is 0 Å². The van der Waals surface area contributed by atoms with Crippen molar-refractivity contribution in [2.24, 2.45) is 5.92 Å². The molecule has 4 nitrogen and oxygen atoms in total. The van der Waals surface area contributed by atoms with E-state index in [-0.39, 0.29) is 5.41 Å². The second-order valence-electron chi connectivity index (χ2n) is 10.5. The maximum atomic E-state index is 11.6. The first-order chi connectivity index (χ1) is 17.2. The molecule has 4 aromatic rings. The molecule has 0 radical (unpaired) electrons. The average Bonchev–Trinajstić information content (AvgIpc) is 2.90. The van der Waals surface area contributed by atoms with Gasteiger partial charge < -0.3 is 15.3 Å². The molecule has 176 valence electrons. The van der Waals surface area contributed by atoms with Crippen LogP contribution >= 0.6 is 0 Å². The fourth-order valence-corrected chi connectivity index (χ4v) is 7.39. The molecular weight excluding hydrogens is 430 g/mol. The molecule has 2 fully saturated rings. The second-order valence-corrected chi connectivity index (χ2v) is 10.5. The van der Waals surface area contributed by atoms with E-state index in [4.69, 9.17) is 4.98 Å². The topological polar surface area (TPSA) is 48.4 Å². The number of aromatic hydroxyl groups is 1. The first-order valence-electron chi connectivity index (χ1n) is 13.0. The van der Waals surface area contributed by atoms with Crippen molar-refractivity contribution in [2.75, 3.05) is 11.4 Å². The zero-order valence-corrected chi connectivity index (χ0v) is 20.0. The molecule has 0 amide bonds. The Labute approximate surface area is 206 Å². The summed E-state index contributed by atoms with van der Waals surface area (Å²) in [6.07, 6.45) is 9.23. The molecule has 1 saturated carbocycles. The second kappa shape index (κ2) is 8.10. The minimum Gasteiger partial charge on any atom is -0.506 e. The SMILES string of the molecule is Oc1cc2c(cc1N(c1ccccc1)c1cccc3cccnc13)C[C@H]1NCC[C@@]23CCCC[C@@H]13. The van der Waals surface area contributed by atoms with Gasteiger partial charge in [0.2, 0.25) is 0 Å². The molecule has 3 aliphatic rings. The predicted octanol–water partition coefficient (Wildman–Crippen LogP) is 6.76. The van der Waals surface area contributed by atoms with Crippen LogP contribution in [-0.2, 0) is 11.8 Å². The monoisotopic (exact) mass is 461 g/mol. The number of nitrogens with one attached hydrogen (secondary N) is 1. The Bertz CT molecular complexity index is 1390. The summed E-state index contributed by atoms with van der Waals surface area (Å²) in [7, 11) is 0. The van der Waals surface area contributed by atoms with E-state index in [2.05, 4.69) is 70.9 Å². The number of nitrogens with zero attached hydrogens (tertiary/aromatic N) is 2. The Morgan fingerprint density at radius 1 is 0.914 bits per heavy atom. The molecule has 0 unspecified atom stereocenters. The van der Waals surface area contributed by atoms with Gasteiger partial charge in [0, 0.05) is 28.7 Å². The number of rotatable bonds is 3. The third-order valence-corrected chi connectivity index (χ3v) is 8.85. The minimum atomic E-state index is 0.219. The van der Waals surface area contributed by atoms with Crippen LogP contribution < -0.4 is 10.2 Å². The molecule has 35 heavy (non-hydrogen) atoms. The van der Waals surface area contributed by atoms with Crippen molar-refractivity contribution >= 4 is 28.0 Å². The molecule has 3 atom stereocenters. The summed E-state index contributed by atoms with van der Waals surface area (Å²) >= 11 is 0. The van der Waals surface area contributed by atoms with Crippen LogP contribution in [0.5, 0.6) is 5.75 Å². The summed E-state index contributed by atoms with van der Waals surface area (Å²) in [6, 6.07) is 25.6. The van der Waals surface area contributed by atoms with Crippen molar-refractivity contribution in [3.63, 3.8) is 0 Å². The molecule has 0 spiro atoms. The molecule has 4 heteroatoms. The molecule has 3 aromatic carbocycles. The zero-order chi connectivity index (χ0) is 23.4. The largest absolute Gasteiger partial charge is 0.506 e. The third-order valence-electron chi connectivity index (χ3n) is 8.85. The van der Waals surface area contributed by atoms with Crippen LogP contribution in [-0.4, -0.2) is 22.7 Å². The number of para-hydroxylation sites is 2. The number of anilines is 3. The Morgan fingerprint density at radius 3 is 2.71 bits per heavy atom. The van der Waals surface area contributed by atoms with Crippen molar-refractivity contribution in [3.8, 4) is 5.75 Å². The summed E-state index contributed by atoms with van der Waals surface area (Å²) in [5.74, 6) is 1.05. The normalized spacial score (nSPS) is 25.0. The molecule has 2 N–H and O–H groups in total. The van der Waals surface area contributed by atoms with Crippen LogP contribution in [0.15, 0.2) is 79.0 Å². The summed E-state index contributed by atoms with van der Waals surface area (Å²) in [5.41, 5.74) is 6.78. The number of piperidine rings is 1. The van der Waals surface area contributed by atoms with E-state index in [1.54, 1.807) is 0 Å². The van der Waals surface area contributed by atoms with Gasteiger partial charge in [-0.15, -0.1) is 0 Å². The van der Waals surface area contributed by atoms with E-state index in [0.717, 1.165) is 40.9 Å². The highest BCUT2D eigenvalue weighted by atomic mass is 16.3. The van der Waals surface area contributed by atoms with Crippen LogP contribution in [0.1, 0.15) is 43.2 Å². The Hall–Kier alpha value is -3.37. The highest BCUT2D eigenvalue weighted by Gasteiger charge is 2.51. The molecule has 2 heterocycles. The van der Waals surface area contributed by atoms with E-state index in [1.807, 2.05) is 18.3 Å². The Kier molecular flexibility index (Phi) is 4.85. The first kappa shape index (κ1) is 21.0. The predicted molar refractivity (Wildman–Crippen MR) is 142 cm³/mol. The van der Waals surface area contributed by atoms with E-state index in [0.29, 0.717) is 17.7 Å². The number of phenols is 1. The number of pyridine rings is 1. The van der Waals surface area contributed by atoms with E-state index in [1.165, 1.54) is 43.2 Å². The van der Waals surface area contributed by atoms with Gasteiger partial charge in [-0.2, -0.15) is 0 Å².